The van der Waals surface area contributed by atoms with E-state index in [1.807, 2.05) is 6.92 Å². The molecule has 0 aromatic heterocycles. The van der Waals surface area contributed by atoms with Crippen molar-refractivity contribution in [3.63, 3.8) is 0 Å². The van der Waals surface area contributed by atoms with Crippen molar-refractivity contribution in [1.82, 2.24) is 0 Å². The van der Waals surface area contributed by atoms with Gasteiger partial charge in [0.2, 0.25) is 0 Å². The van der Waals surface area contributed by atoms with Crippen LogP contribution in [0.1, 0.15) is 11.1 Å². The number of esters is 1. The van der Waals surface area contributed by atoms with E-state index < -0.39 is 12.1 Å². The molecule has 0 heterocycles. The van der Waals surface area contributed by atoms with Gasteiger partial charge in [-0.25, -0.2) is 9.18 Å². The third-order valence-corrected chi connectivity index (χ3v) is 3.96. The zero-order valence-corrected chi connectivity index (χ0v) is 16.1. The van der Waals surface area contributed by atoms with E-state index >= 15 is 0 Å². The smallest absolute Gasteiger partial charge is 0.330 e. The molecule has 2 aromatic rings. The SMILES string of the molecule is COC(=O)/C=C/c1ccc(OCC(O)CNc2cc(F)ccc2C)c(OC)c1. The Labute approximate surface area is 163 Å². The quantitative estimate of drug-likeness (QED) is 0.507. The number of carbonyl (C=O) groups excluding carboxylic acids is 1. The number of halogens is 1. The molecule has 0 radical (unpaired) electrons. The Morgan fingerprint density at radius 3 is 2.71 bits per heavy atom. The maximum absolute atomic E-state index is 13.3. The molecule has 0 saturated carbocycles. The van der Waals surface area contributed by atoms with Crippen LogP contribution >= 0.6 is 0 Å². The van der Waals surface area contributed by atoms with E-state index in [0.717, 1.165) is 11.1 Å². The molecule has 0 aliphatic heterocycles. The zero-order chi connectivity index (χ0) is 20.5. The van der Waals surface area contributed by atoms with E-state index in [1.54, 1.807) is 30.3 Å². The van der Waals surface area contributed by atoms with Crippen LogP contribution in [0.3, 0.4) is 0 Å². The molecule has 0 amide bonds. The molecule has 150 valence electrons. The number of rotatable bonds is 9. The molecule has 0 saturated heterocycles. The second kappa shape index (κ2) is 10.3. The average Bonchev–Trinajstić information content (AvgIpc) is 2.71. The number of hydrogen-bond acceptors (Lipinski definition) is 6. The molecule has 2 aromatic carbocycles. The van der Waals surface area contributed by atoms with Crippen LogP contribution in [-0.4, -0.2) is 44.6 Å². The van der Waals surface area contributed by atoms with Gasteiger partial charge in [0.05, 0.1) is 14.2 Å². The summed E-state index contributed by atoms with van der Waals surface area (Å²) in [5.41, 5.74) is 2.24. The molecule has 2 N–H and O–H groups in total. The van der Waals surface area contributed by atoms with E-state index in [1.165, 1.54) is 32.4 Å². The molecule has 1 unspecified atom stereocenters. The van der Waals surface area contributed by atoms with Crippen molar-refractivity contribution < 1.29 is 28.5 Å². The number of nitrogens with one attached hydrogen (secondary N) is 1. The predicted octanol–water partition coefficient (Wildman–Crippen LogP) is 3.18. The van der Waals surface area contributed by atoms with Crippen molar-refractivity contribution in [2.75, 3.05) is 32.7 Å². The van der Waals surface area contributed by atoms with E-state index in [4.69, 9.17) is 9.47 Å². The fourth-order valence-electron chi connectivity index (χ4n) is 2.40. The Morgan fingerprint density at radius 2 is 2.00 bits per heavy atom. The second-order valence-electron chi connectivity index (χ2n) is 6.07. The highest BCUT2D eigenvalue weighted by Crippen LogP contribution is 2.28. The molecule has 28 heavy (non-hydrogen) atoms. The Morgan fingerprint density at radius 1 is 1.21 bits per heavy atom. The van der Waals surface area contributed by atoms with Gasteiger partial charge in [-0.1, -0.05) is 12.1 Å². The van der Waals surface area contributed by atoms with Crippen LogP contribution in [0.4, 0.5) is 10.1 Å². The monoisotopic (exact) mass is 389 g/mol. The molecule has 7 heteroatoms. The van der Waals surface area contributed by atoms with Gasteiger partial charge in [-0.3, -0.25) is 0 Å². The molecule has 0 aliphatic carbocycles. The number of anilines is 1. The van der Waals surface area contributed by atoms with Crippen LogP contribution in [0.2, 0.25) is 0 Å². The van der Waals surface area contributed by atoms with Crippen molar-refractivity contribution in [2.24, 2.45) is 0 Å². The van der Waals surface area contributed by atoms with Crippen LogP contribution in [0.15, 0.2) is 42.5 Å². The van der Waals surface area contributed by atoms with Gasteiger partial charge < -0.3 is 24.6 Å². The fraction of sp³-hybridized carbons (Fsp3) is 0.286. The van der Waals surface area contributed by atoms with E-state index in [0.29, 0.717) is 17.2 Å². The van der Waals surface area contributed by atoms with Gasteiger partial charge in [-0.15, -0.1) is 0 Å². The Kier molecular flexibility index (Phi) is 7.83. The van der Waals surface area contributed by atoms with Crippen LogP contribution in [0.25, 0.3) is 6.08 Å². The summed E-state index contributed by atoms with van der Waals surface area (Å²) in [6, 6.07) is 9.57. The lowest BCUT2D eigenvalue weighted by molar-refractivity contribution is -0.134. The molecular formula is C21H24FNO5. The van der Waals surface area contributed by atoms with Gasteiger partial charge in [-0.2, -0.15) is 0 Å². The van der Waals surface area contributed by atoms with Crippen molar-refractivity contribution in [1.29, 1.82) is 0 Å². The summed E-state index contributed by atoms with van der Waals surface area (Å²) in [7, 11) is 2.81. The molecular weight excluding hydrogens is 365 g/mol. The topological polar surface area (TPSA) is 77.0 Å². The van der Waals surface area contributed by atoms with Crippen molar-refractivity contribution in [2.45, 2.75) is 13.0 Å². The number of aliphatic hydroxyl groups is 1. The number of methoxy groups -OCH3 is 2. The minimum atomic E-state index is -0.814. The molecule has 1 atom stereocenters. The Bertz CT molecular complexity index is 838. The average molecular weight is 389 g/mol. The summed E-state index contributed by atoms with van der Waals surface area (Å²) in [5, 5.41) is 13.1. The largest absolute Gasteiger partial charge is 0.493 e. The first kappa shape index (κ1) is 21.2. The number of hydrogen-bond donors (Lipinski definition) is 2. The third kappa shape index (κ3) is 6.28. The molecule has 0 spiro atoms. The molecule has 6 nitrogen and oxygen atoms in total. The maximum atomic E-state index is 13.3. The number of carbonyl (C=O) groups is 1. The first-order valence-corrected chi connectivity index (χ1v) is 8.68. The predicted molar refractivity (Wildman–Crippen MR) is 105 cm³/mol. The van der Waals surface area contributed by atoms with Gasteiger partial charge in [0.1, 0.15) is 18.5 Å². The van der Waals surface area contributed by atoms with Gasteiger partial charge >= 0.3 is 5.97 Å². The van der Waals surface area contributed by atoms with Crippen LogP contribution in [0, 0.1) is 12.7 Å². The standard InChI is InChI=1S/C21H24FNO5/c1-14-4-7-16(22)11-18(14)23-12-17(24)13-28-19-8-5-15(10-20(19)26-2)6-9-21(25)27-3/h4-11,17,23-24H,12-13H2,1-3H3/b9-6+. The highest BCUT2D eigenvalue weighted by Gasteiger charge is 2.10. The number of aryl methyl sites for hydroxylation is 1. The molecule has 0 fully saturated rings. The van der Waals surface area contributed by atoms with Crippen LogP contribution in [-0.2, 0) is 9.53 Å². The number of aliphatic hydroxyl groups excluding tert-OH is 1. The first-order valence-electron chi connectivity index (χ1n) is 8.68. The highest BCUT2D eigenvalue weighted by atomic mass is 19.1. The minimum absolute atomic E-state index is 0.0229. The van der Waals surface area contributed by atoms with Crippen molar-refractivity contribution in [3.8, 4) is 11.5 Å². The summed E-state index contributed by atoms with van der Waals surface area (Å²) in [6.45, 7) is 2.08. The van der Waals surface area contributed by atoms with Crippen LogP contribution < -0.4 is 14.8 Å². The lowest BCUT2D eigenvalue weighted by Crippen LogP contribution is -2.26. The van der Waals surface area contributed by atoms with Gasteiger partial charge in [0, 0.05) is 18.3 Å². The number of benzene rings is 2. The Hall–Kier alpha value is -3.06. The Balaban J connectivity index is 1.92. The molecule has 0 bridgehead atoms. The second-order valence-corrected chi connectivity index (χ2v) is 6.07. The normalized spacial score (nSPS) is 11.9. The third-order valence-electron chi connectivity index (χ3n) is 3.96. The lowest BCUT2D eigenvalue weighted by Gasteiger charge is -2.16. The summed E-state index contributed by atoms with van der Waals surface area (Å²) in [4.78, 5) is 11.2. The van der Waals surface area contributed by atoms with Crippen LogP contribution in [0.5, 0.6) is 11.5 Å². The van der Waals surface area contributed by atoms with E-state index in [2.05, 4.69) is 10.1 Å². The highest BCUT2D eigenvalue weighted by molar-refractivity contribution is 5.87. The van der Waals surface area contributed by atoms with E-state index in [9.17, 15) is 14.3 Å². The summed E-state index contributed by atoms with van der Waals surface area (Å²) in [5.74, 6) is 0.125. The van der Waals surface area contributed by atoms with Gasteiger partial charge in [-0.05, 0) is 48.4 Å². The van der Waals surface area contributed by atoms with E-state index in [-0.39, 0.29) is 19.0 Å². The zero-order valence-electron chi connectivity index (χ0n) is 16.1. The van der Waals surface area contributed by atoms with Crippen molar-refractivity contribution >= 4 is 17.7 Å². The maximum Gasteiger partial charge on any atom is 0.330 e. The lowest BCUT2D eigenvalue weighted by atomic mass is 10.2. The minimum Gasteiger partial charge on any atom is -0.493 e. The van der Waals surface area contributed by atoms with Gasteiger partial charge in [0.25, 0.3) is 0 Å². The summed E-state index contributed by atoms with van der Waals surface area (Å²) >= 11 is 0. The molecule has 2 rings (SSSR count). The van der Waals surface area contributed by atoms with Crippen molar-refractivity contribution in [3.05, 3.63) is 59.4 Å². The number of ether oxygens (including phenoxy) is 3. The fourth-order valence-corrected chi connectivity index (χ4v) is 2.40. The summed E-state index contributed by atoms with van der Waals surface area (Å²) in [6.07, 6.45) is 2.09. The molecule has 0 aliphatic rings. The van der Waals surface area contributed by atoms with Gasteiger partial charge in [0.15, 0.2) is 11.5 Å². The summed E-state index contributed by atoms with van der Waals surface area (Å²) < 4.78 is 28.8. The first-order chi connectivity index (χ1) is 13.4.